The predicted molar refractivity (Wildman–Crippen MR) is 48.1 cm³/mol. The van der Waals surface area contributed by atoms with Crippen molar-refractivity contribution >= 4 is 22.4 Å². The molecule has 72 valence electrons. The lowest BCUT2D eigenvalue weighted by Gasteiger charge is -2.05. The Balaban J connectivity index is 2.67. The largest absolute Gasteiger partial charge is 0.464 e. The van der Waals surface area contributed by atoms with Crippen molar-refractivity contribution in [2.45, 2.75) is 13.0 Å². The van der Waals surface area contributed by atoms with E-state index in [1.807, 2.05) is 0 Å². The number of aliphatic hydroxyl groups is 1. The first kappa shape index (κ1) is 9.94. The Morgan fingerprint density at radius 1 is 1.92 bits per heavy atom. The third-order valence-electron chi connectivity index (χ3n) is 1.33. The van der Waals surface area contributed by atoms with Gasteiger partial charge in [0.15, 0.2) is 11.2 Å². The molecule has 3 N–H and O–H groups in total. The van der Waals surface area contributed by atoms with Gasteiger partial charge in [-0.15, -0.1) is 11.3 Å². The maximum Gasteiger partial charge on any atom is 0.341 e. The van der Waals surface area contributed by atoms with Crippen LogP contribution in [0.5, 0.6) is 0 Å². The van der Waals surface area contributed by atoms with E-state index < -0.39 is 12.1 Å². The summed E-state index contributed by atoms with van der Waals surface area (Å²) in [4.78, 5) is 14.8. The van der Waals surface area contributed by atoms with Gasteiger partial charge in [0.2, 0.25) is 0 Å². The molecular weight excluding hydrogens is 192 g/mol. The van der Waals surface area contributed by atoms with E-state index in [0.717, 1.165) is 0 Å². The highest BCUT2D eigenvalue weighted by Gasteiger charge is 2.20. The molecule has 1 aromatic heterocycles. The van der Waals surface area contributed by atoms with Crippen molar-refractivity contribution in [1.82, 2.24) is 4.98 Å². The maximum absolute atomic E-state index is 11.0. The number of nitrogens with zero attached hydrogens (tertiary/aromatic N) is 1. The first-order chi connectivity index (χ1) is 6.15. The lowest BCUT2D eigenvalue weighted by Crippen LogP contribution is -2.15. The number of ether oxygens (including phenoxy) is 1. The fourth-order valence-electron chi connectivity index (χ4n) is 0.768. The molecule has 0 bridgehead atoms. The molecule has 0 radical (unpaired) electrons. The molecule has 0 amide bonds. The number of nitrogen functional groups attached to an aromatic ring is 1. The molecule has 1 rings (SSSR count). The maximum atomic E-state index is 11.0. The van der Waals surface area contributed by atoms with Gasteiger partial charge in [0, 0.05) is 5.38 Å². The third-order valence-corrected chi connectivity index (χ3v) is 2.02. The number of carbonyl (C=O) groups is 1. The molecule has 0 fully saturated rings. The highest BCUT2D eigenvalue weighted by Crippen LogP contribution is 2.18. The van der Waals surface area contributed by atoms with Gasteiger partial charge in [-0.05, 0) is 6.92 Å². The van der Waals surface area contributed by atoms with Gasteiger partial charge in [-0.2, -0.15) is 0 Å². The monoisotopic (exact) mass is 202 g/mol. The summed E-state index contributed by atoms with van der Waals surface area (Å²) in [5.41, 5.74) is 5.57. The molecule has 0 saturated heterocycles. The second kappa shape index (κ2) is 4.20. The number of aliphatic hydroxyl groups excluding tert-OH is 1. The third kappa shape index (κ3) is 2.40. The smallest absolute Gasteiger partial charge is 0.341 e. The summed E-state index contributed by atoms with van der Waals surface area (Å²) < 4.78 is 4.60. The summed E-state index contributed by atoms with van der Waals surface area (Å²) in [6, 6.07) is 0. The number of anilines is 1. The number of esters is 1. The van der Waals surface area contributed by atoms with Gasteiger partial charge in [0.1, 0.15) is 0 Å². The van der Waals surface area contributed by atoms with Crippen LogP contribution < -0.4 is 5.73 Å². The van der Waals surface area contributed by atoms with Crippen LogP contribution in [0.25, 0.3) is 0 Å². The summed E-state index contributed by atoms with van der Waals surface area (Å²) in [6.07, 6.45) is -1.33. The van der Waals surface area contributed by atoms with Crippen LogP contribution in [0, 0.1) is 0 Å². The van der Waals surface area contributed by atoms with Gasteiger partial charge in [-0.1, -0.05) is 0 Å². The van der Waals surface area contributed by atoms with Crippen LogP contribution in [0.15, 0.2) is 5.38 Å². The van der Waals surface area contributed by atoms with Gasteiger partial charge in [-0.25, -0.2) is 9.78 Å². The lowest BCUT2D eigenvalue weighted by molar-refractivity contribution is -0.153. The molecule has 0 aliphatic rings. The van der Waals surface area contributed by atoms with E-state index in [1.54, 1.807) is 6.92 Å². The molecule has 0 aromatic carbocycles. The standard InChI is InChI=1S/C7H10N2O3S/c1-2-12-6(11)5(10)4-3-13-7(8)9-4/h3,5,10H,2H2,1H3,(H2,8,9). The minimum atomic E-state index is -1.33. The van der Waals surface area contributed by atoms with Crippen molar-refractivity contribution in [2.75, 3.05) is 12.3 Å². The Morgan fingerprint density at radius 2 is 2.62 bits per heavy atom. The van der Waals surface area contributed by atoms with E-state index in [2.05, 4.69) is 9.72 Å². The van der Waals surface area contributed by atoms with Crippen molar-refractivity contribution in [3.8, 4) is 0 Å². The second-order valence-corrected chi connectivity index (χ2v) is 3.15. The number of hydrogen-bond acceptors (Lipinski definition) is 6. The Hall–Kier alpha value is -1.14. The normalized spacial score (nSPS) is 12.5. The molecule has 0 aliphatic heterocycles. The highest BCUT2D eigenvalue weighted by atomic mass is 32.1. The van der Waals surface area contributed by atoms with Crippen LogP contribution in [-0.2, 0) is 9.53 Å². The van der Waals surface area contributed by atoms with Crippen molar-refractivity contribution in [3.63, 3.8) is 0 Å². The molecule has 13 heavy (non-hydrogen) atoms. The van der Waals surface area contributed by atoms with Crippen molar-refractivity contribution in [2.24, 2.45) is 0 Å². The van der Waals surface area contributed by atoms with E-state index in [-0.39, 0.29) is 12.3 Å². The molecule has 0 aliphatic carbocycles. The van der Waals surface area contributed by atoms with Gasteiger partial charge in [-0.3, -0.25) is 0 Å². The summed E-state index contributed by atoms with van der Waals surface area (Å²) >= 11 is 1.17. The second-order valence-electron chi connectivity index (χ2n) is 2.27. The number of hydrogen-bond donors (Lipinski definition) is 2. The molecule has 6 heteroatoms. The summed E-state index contributed by atoms with van der Waals surface area (Å²) in [5.74, 6) is -0.701. The minimum absolute atomic E-state index is 0.232. The molecule has 0 saturated carbocycles. The van der Waals surface area contributed by atoms with Crippen LogP contribution in [0.4, 0.5) is 5.13 Å². The first-order valence-electron chi connectivity index (χ1n) is 3.70. The molecular formula is C7H10N2O3S. The van der Waals surface area contributed by atoms with Crippen LogP contribution in [0.3, 0.4) is 0 Å². The average Bonchev–Trinajstić information content (AvgIpc) is 2.51. The summed E-state index contributed by atoms with van der Waals surface area (Å²) in [7, 11) is 0. The van der Waals surface area contributed by atoms with Gasteiger partial charge >= 0.3 is 5.97 Å². The Labute approximate surface area is 79.2 Å². The van der Waals surface area contributed by atoms with Gasteiger partial charge < -0.3 is 15.6 Å². The summed E-state index contributed by atoms with van der Waals surface area (Å²) in [5, 5.41) is 11.2. The van der Waals surface area contributed by atoms with E-state index in [4.69, 9.17) is 5.73 Å². The number of nitrogens with two attached hydrogens (primary N) is 1. The van der Waals surface area contributed by atoms with Crippen molar-refractivity contribution < 1.29 is 14.6 Å². The lowest BCUT2D eigenvalue weighted by atomic mass is 10.3. The quantitative estimate of drug-likeness (QED) is 0.689. The first-order valence-corrected chi connectivity index (χ1v) is 4.58. The zero-order valence-electron chi connectivity index (χ0n) is 7.06. The highest BCUT2D eigenvalue weighted by molar-refractivity contribution is 7.13. The fourth-order valence-corrected chi connectivity index (χ4v) is 1.35. The molecule has 1 aromatic rings. The van der Waals surface area contributed by atoms with Gasteiger partial charge in [0.05, 0.1) is 12.3 Å². The molecule has 5 nitrogen and oxygen atoms in total. The Bertz CT molecular complexity index is 300. The Kier molecular flexibility index (Phi) is 3.21. The van der Waals surface area contributed by atoms with E-state index in [9.17, 15) is 9.90 Å². The van der Waals surface area contributed by atoms with Crippen LogP contribution >= 0.6 is 11.3 Å². The average molecular weight is 202 g/mol. The zero-order valence-corrected chi connectivity index (χ0v) is 7.87. The van der Waals surface area contributed by atoms with Crippen LogP contribution in [0.1, 0.15) is 18.7 Å². The minimum Gasteiger partial charge on any atom is -0.464 e. The van der Waals surface area contributed by atoms with E-state index in [1.165, 1.54) is 16.7 Å². The number of aromatic nitrogens is 1. The Morgan fingerprint density at radius 3 is 3.08 bits per heavy atom. The van der Waals surface area contributed by atoms with Crippen LogP contribution in [0.2, 0.25) is 0 Å². The molecule has 1 unspecified atom stereocenters. The van der Waals surface area contributed by atoms with Crippen molar-refractivity contribution in [1.29, 1.82) is 0 Å². The molecule has 1 atom stereocenters. The van der Waals surface area contributed by atoms with Gasteiger partial charge in [0.25, 0.3) is 0 Å². The SMILES string of the molecule is CCOC(=O)C(O)c1csc(N)n1. The topological polar surface area (TPSA) is 85.4 Å². The summed E-state index contributed by atoms with van der Waals surface area (Å²) in [6.45, 7) is 1.90. The zero-order chi connectivity index (χ0) is 9.84. The number of rotatable bonds is 3. The molecule has 1 heterocycles. The van der Waals surface area contributed by atoms with E-state index in [0.29, 0.717) is 5.13 Å². The predicted octanol–water partition coefficient (Wildman–Crippen LogP) is 0.322. The van der Waals surface area contributed by atoms with Crippen LogP contribution in [-0.4, -0.2) is 22.7 Å². The number of thiazole rings is 1. The fraction of sp³-hybridized carbons (Fsp3) is 0.429. The van der Waals surface area contributed by atoms with Crippen molar-refractivity contribution in [3.05, 3.63) is 11.1 Å². The van der Waals surface area contributed by atoms with E-state index >= 15 is 0 Å². The number of carbonyl (C=O) groups excluding carboxylic acids is 1. The molecule has 0 spiro atoms.